The molecule has 0 aliphatic rings. The van der Waals surface area contributed by atoms with E-state index in [2.05, 4.69) is 41.0 Å². The van der Waals surface area contributed by atoms with Crippen molar-refractivity contribution in [3.05, 3.63) is 59.3 Å². The summed E-state index contributed by atoms with van der Waals surface area (Å²) >= 11 is 1.69. The predicted octanol–water partition coefficient (Wildman–Crippen LogP) is 3.98. The van der Waals surface area contributed by atoms with Gasteiger partial charge in [-0.25, -0.2) is 4.98 Å². The van der Waals surface area contributed by atoms with Crippen molar-refractivity contribution < 1.29 is 9.15 Å². The van der Waals surface area contributed by atoms with E-state index in [-0.39, 0.29) is 0 Å². The van der Waals surface area contributed by atoms with Crippen molar-refractivity contribution in [2.45, 2.75) is 13.1 Å². The van der Waals surface area contributed by atoms with Crippen LogP contribution in [-0.2, 0) is 13.1 Å². The first-order valence-electron chi connectivity index (χ1n) is 8.62. The summed E-state index contributed by atoms with van der Waals surface area (Å²) in [7, 11) is 5.91. The zero-order valence-electron chi connectivity index (χ0n) is 15.5. The maximum absolute atomic E-state index is 5.45. The minimum absolute atomic E-state index is 0.828. The standard InChI is InChI=1S/C20H25N3O2S/c1-22(2)9-10-23(14-16-6-4-7-17(12-16)24-3)15-18-13-21-20(26-18)19-8-5-11-25-19/h4-8,11-13H,9-10,14-15H2,1-3H3. The van der Waals surface area contributed by atoms with Gasteiger partial charge in [0, 0.05) is 37.3 Å². The zero-order chi connectivity index (χ0) is 18.4. The van der Waals surface area contributed by atoms with E-state index in [4.69, 9.17) is 9.15 Å². The summed E-state index contributed by atoms with van der Waals surface area (Å²) in [6, 6.07) is 12.1. The van der Waals surface area contributed by atoms with Gasteiger partial charge in [0.2, 0.25) is 0 Å². The number of benzene rings is 1. The van der Waals surface area contributed by atoms with Gasteiger partial charge in [0.1, 0.15) is 5.75 Å². The Morgan fingerprint density at radius 2 is 2.00 bits per heavy atom. The lowest BCUT2D eigenvalue weighted by atomic mass is 10.2. The molecule has 0 unspecified atom stereocenters. The molecule has 0 saturated carbocycles. The van der Waals surface area contributed by atoms with E-state index < -0.39 is 0 Å². The average molecular weight is 372 g/mol. The second-order valence-electron chi connectivity index (χ2n) is 6.47. The number of likely N-dealkylation sites (N-methyl/N-ethyl adjacent to an activating group) is 1. The second-order valence-corrected chi connectivity index (χ2v) is 7.59. The van der Waals surface area contributed by atoms with Crippen LogP contribution in [0, 0.1) is 0 Å². The first-order valence-corrected chi connectivity index (χ1v) is 9.44. The van der Waals surface area contributed by atoms with Crippen molar-refractivity contribution in [2.75, 3.05) is 34.3 Å². The molecule has 0 aliphatic carbocycles. The van der Waals surface area contributed by atoms with Gasteiger partial charge in [-0.1, -0.05) is 12.1 Å². The van der Waals surface area contributed by atoms with E-state index >= 15 is 0 Å². The molecule has 26 heavy (non-hydrogen) atoms. The SMILES string of the molecule is COc1cccc(CN(CCN(C)C)Cc2cnc(-c3ccco3)s2)c1. The number of thiazole rings is 1. The van der Waals surface area contributed by atoms with Crippen LogP contribution < -0.4 is 4.74 Å². The Kier molecular flexibility index (Phi) is 6.44. The van der Waals surface area contributed by atoms with Crippen molar-refractivity contribution in [1.29, 1.82) is 0 Å². The molecule has 5 nitrogen and oxygen atoms in total. The van der Waals surface area contributed by atoms with Crippen LogP contribution in [0.15, 0.2) is 53.3 Å². The van der Waals surface area contributed by atoms with Crippen LogP contribution in [0.3, 0.4) is 0 Å². The zero-order valence-corrected chi connectivity index (χ0v) is 16.3. The number of furan rings is 1. The van der Waals surface area contributed by atoms with Gasteiger partial charge in [-0.2, -0.15) is 0 Å². The summed E-state index contributed by atoms with van der Waals surface area (Å²) in [5.41, 5.74) is 1.25. The monoisotopic (exact) mass is 371 g/mol. The molecule has 0 atom stereocenters. The number of aromatic nitrogens is 1. The number of methoxy groups -OCH3 is 1. The van der Waals surface area contributed by atoms with Crippen LogP contribution in [0.5, 0.6) is 5.75 Å². The van der Waals surface area contributed by atoms with Crippen LogP contribution >= 0.6 is 11.3 Å². The van der Waals surface area contributed by atoms with Crippen molar-refractivity contribution >= 4 is 11.3 Å². The second kappa shape index (κ2) is 8.98. The molecule has 2 aromatic heterocycles. The van der Waals surface area contributed by atoms with Gasteiger partial charge in [-0.3, -0.25) is 4.90 Å². The van der Waals surface area contributed by atoms with Crippen LogP contribution in [0.25, 0.3) is 10.8 Å². The number of nitrogens with zero attached hydrogens (tertiary/aromatic N) is 3. The van der Waals surface area contributed by atoms with E-state index in [1.54, 1.807) is 24.7 Å². The van der Waals surface area contributed by atoms with Gasteiger partial charge in [0.15, 0.2) is 10.8 Å². The van der Waals surface area contributed by atoms with Crippen molar-refractivity contribution in [1.82, 2.24) is 14.8 Å². The quantitative estimate of drug-likeness (QED) is 0.569. The largest absolute Gasteiger partial charge is 0.497 e. The molecule has 1 aromatic carbocycles. The topological polar surface area (TPSA) is 41.7 Å². The Hall–Kier alpha value is -2.15. The molecule has 6 heteroatoms. The lowest BCUT2D eigenvalue weighted by Crippen LogP contribution is -2.30. The number of rotatable bonds is 9. The molecule has 0 aliphatic heterocycles. The van der Waals surface area contributed by atoms with Crippen molar-refractivity contribution in [2.24, 2.45) is 0 Å². The molecule has 3 rings (SSSR count). The Labute approximate surface area is 158 Å². The Morgan fingerprint density at radius 3 is 2.73 bits per heavy atom. The van der Waals surface area contributed by atoms with E-state index in [0.717, 1.165) is 42.7 Å². The van der Waals surface area contributed by atoms with Crippen molar-refractivity contribution in [3.63, 3.8) is 0 Å². The number of hydrogen-bond donors (Lipinski definition) is 0. The van der Waals surface area contributed by atoms with Crippen LogP contribution in [-0.4, -0.2) is 49.1 Å². The summed E-state index contributed by atoms with van der Waals surface area (Å²) in [5.74, 6) is 1.72. The Balaban J connectivity index is 1.71. The highest BCUT2D eigenvalue weighted by molar-refractivity contribution is 7.14. The molecule has 0 N–H and O–H groups in total. The van der Waals surface area contributed by atoms with E-state index in [1.165, 1.54) is 10.4 Å². The van der Waals surface area contributed by atoms with Gasteiger partial charge >= 0.3 is 0 Å². The minimum Gasteiger partial charge on any atom is -0.497 e. The molecule has 0 fully saturated rings. The third-order valence-corrected chi connectivity index (χ3v) is 5.07. The molecule has 0 saturated heterocycles. The highest BCUT2D eigenvalue weighted by Crippen LogP contribution is 2.26. The lowest BCUT2D eigenvalue weighted by Gasteiger charge is -2.23. The fourth-order valence-corrected chi connectivity index (χ4v) is 3.62. The molecule has 0 spiro atoms. The summed E-state index contributed by atoms with van der Waals surface area (Å²) in [5, 5.41) is 0.930. The van der Waals surface area contributed by atoms with Crippen molar-refractivity contribution in [3.8, 4) is 16.5 Å². The van der Waals surface area contributed by atoms with Crippen LogP contribution in [0.1, 0.15) is 10.4 Å². The maximum atomic E-state index is 5.45. The maximum Gasteiger partial charge on any atom is 0.162 e. The Morgan fingerprint density at radius 1 is 1.12 bits per heavy atom. The van der Waals surface area contributed by atoms with Crippen LogP contribution in [0.2, 0.25) is 0 Å². The molecular formula is C20H25N3O2S. The summed E-state index contributed by atoms with van der Waals surface area (Å²) in [4.78, 5) is 10.4. The molecular weight excluding hydrogens is 346 g/mol. The van der Waals surface area contributed by atoms with E-state index in [1.807, 2.05) is 30.5 Å². The van der Waals surface area contributed by atoms with E-state index in [0.29, 0.717) is 0 Å². The fourth-order valence-electron chi connectivity index (χ4n) is 2.70. The third kappa shape index (κ3) is 5.17. The smallest absolute Gasteiger partial charge is 0.162 e. The molecule has 0 bridgehead atoms. The summed E-state index contributed by atoms with van der Waals surface area (Å²) in [6.07, 6.45) is 3.64. The van der Waals surface area contributed by atoms with Gasteiger partial charge in [0.05, 0.1) is 13.4 Å². The number of ether oxygens (including phenoxy) is 1. The first kappa shape index (κ1) is 18.6. The molecule has 3 aromatic rings. The summed E-state index contributed by atoms with van der Waals surface area (Å²) < 4.78 is 10.8. The van der Waals surface area contributed by atoms with Gasteiger partial charge < -0.3 is 14.1 Å². The van der Waals surface area contributed by atoms with Gasteiger partial charge in [-0.05, 0) is 43.9 Å². The third-order valence-electron chi connectivity index (χ3n) is 4.07. The highest BCUT2D eigenvalue weighted by atomic mass is 32.1. The highest BCUT2D eigenvalue weighted by Gasteiger charge is 2.12. The lowest BCUT2D eigenvalue weighted by molar-refractivity contribution is 0.227. The normalized spacial score (nSPS) is 11.4. The first-order chi connectivity index (χ1) is 12.6. The minimum atomic E-state index is 0.828. The summed E-state index contributed by atoms with van der Waals surface area (Å²) in [6.45, 7) is 3.73. The molecule has 0 radical (unpaired) electrons. The van der Waals surface area contributed by atoms with Gasteiger partial charge in [-0.15, -0.1) is 11.3 Å². The molecule has 0 amide bonds. The Bertz CT molecular complexity index is 799. The molecule has 2 heterocycles. The van der Waals surface area contributed by atoms with Crippen LogP contribution in [0.4, 0.5) is 0 Å². The number of hydrogen-bond acceptors (Lipinski definition) is 6. The predicted molar refractivity (Wildman–Crippen MR) is 105 cm³/mol. The van der Waals surface area contributed by atoms with Gasteiger partial charge in [0.25, 0.3) is 0 Å². The van der Waals surface area contributed by atoms with E-state index in [9.17, 15) is 0 Å². The fraction of sp³-hybridized carbons (Fsp3) is 0.350. The molecule has 138 valence electrons. The average Bonchev–Trinajstić information content (AvgIpc) is 3.31.